The summed E-state index contributed by atoms with van der Waals surface area (Å²) < 4.78 is 0. The van der Waals surface area contributed by atoms with Gasteiger partial charge in [0.25, 0.3) is 5.91 Å². The number of carbonyl (C=O) groups excluding carboxylic acids is 1. The lowest BCUT2D eigenvalue weighted by molar-refractivity contribution is 0.0953. The van der Waals surface area contributed by atoms with E-state index in [-0.39, 0.29) is 11.7 Å². The van der Waals surface area contributed by atoms with Gasteiger partial charge in [-0.05, 0) is 18.6 Å². The standard InChI is InChI=1S/C12H17N3O2/c1-2-3-7-14-12(16)10-6-4-5-9(8-10)11(13)15-17/h4-6,8,17H,2-3,7H2,1H3,(H2,13,15)(H,14,16). The van der Waals surface area contributed by atoms with Gasteiger partial charge in [0.2, 0.25) is 0 Å². The van der Waals surface area contributed by atoms with Gasteiger partial charge in [-0.25, -0.2) is 0 Å². The molecule has 5 nitrogen and oxygen atoms in total. The third kappa shape index (κ3) is 3.79. The molecule has 0 bridgehead atoms. The molecule has 0 aromatic heterocycles. The molecule has 0 saturated carbocycles. The van der Waals surface area contributed by atoms with Crippen LogP contribution in [0.5, 0.6) is 0 Å². The van der Waals surface area contributed by atoms with Crippen LogP contribution in [0.25, 0.3) is 0 Å². The maximum absolute atomic E-state index is 11.7. The Hall–Kier alpha value is -2.04. The summed E-state index contributed by atoms with van der Waals surface area (Å²) in [6.45, 7) is 2.72. The molecule has 0 saturated heterocycles. The number of nitrogens with zero attached hydrogens (tertiary/aromatic N) is 1. The van der Waals surface area contributed by atoms with Gasteiger partial charge in [-0.15, -0.1) is 0 Å². The highest BCUT2D eigenvalue weighted by atomic mass is 16.4. The second-order valence-corrected chi connectivity index (χ2v) is 3.68. The number of hydrogen-bond donors (Lipinski definition) is 3. The van der Waals surface area contributed by atoms with E-state index >= 15 is 0 Å². The van der Waals surface area contributed by atoms with Crippen molar-refractivity contribution >= 4 is 11.7 Å². The molecule has 0 aliphatic carbocycles. The van der Waals surface area contributed by atoms with Crippen LogP contribution in [0.3, 0.4) is 0 Å². The van der Waals surface area contributed by atoms with E-state index < -0.39 is 0 Å². The van der Waals surface area contributed by atoms with Crippen molar-refractivity contribution in [3.8, 4) is 0 Å². The Balaban J connectivity index is 2.74. The highest BCUT2D eigenvalue weighted by Gasteiger charge is 2.07. The Morgan fingerprint density at radius 2 is 2.18 bits per heavy atom. The van der Waals surface area contributed by atoms with Crippen LogP contribution in [0.1, 0.15) is 35.7 Å². The fraction of sp³-hybridized carbons (Fsp3) is 0.333. The van der Waals surface area contributed by atoms with E-state index in [0.717, 1.165) is 12.8 Å². The number of oxime groups is 1. The molecule has 0 heterocycles. The highest BCUT2D eigenvalue weighted by Crippen LogP contribution is 2.05. The molecule has 4 N–H and O–H groups in total. The van der Waals surface area contributed by atoms with E-state index in [9.17, 15) is 4.79 Å². The maximum atomic E-state index is 11.7. The van der Waals surface area contributed by atoms with Gasteiger partial charge in [-0.2, -0.15) is 0 Å². The molecular weight excluding hydrogens is 218 g/mol. The number of unbranched alkanes of at least 4 members (excludes halogenated alkanes) is 1. The van der Waals surface area contributed by atoms with Gasteiger partial charge in [0.15, 0.2) is 5.84 Å². The minimum absolute atomic E-state index is 0.00629. The molecule has 5 heteroatoms. The molecular formula is C12H17N3O2. The molecule has 0 unspecified atom stereocenters. The van der Waals surface area contributed by atoms with Gasteiger partial charge >= 0.3 is 0 Å². The molecule has 1 amide bonds. The fourth-order valence-electron chi connectivity index (χ4n) is 1.36. The zero-order valence-electron chi connectivity index (χ0n) is 9.81. The first-order chi connectivity index (χ1) is 8.19. The van der Waals surface area contributed by atoms with Crippen molar-refractivity contribution in [2.24, 2.45) is 10.9 Å². The van der Waals surface area contributed by atoms with E-state index in [1.165, 1.54) is 0 Å². The minimum atomic E-state index is -0.147. The third-order valence-corrected chi connectivity index (χ3v) is 2.34. The van der Waals surface area contributed by atoms with Gasteiger partial charge in [0, 0.05) is 17.7 Å². The van der Waals surface area contributed by atoms with E-state index in [4.69, 9.17) is 10.9 Å². The summed E-state index contributed by atoms with van der Waals surface area (Å²) in [7, 11) is 0. The second-order valence-electron chi connectivity index (χ2n) is 3.68. The predicted molar refractivity (Wildman–Crippen MR) is 66.2 cm³/mol. The first kappa shape index (κ1) is 13.0. The van der Waals surface area contributed by atoms with Crippen molar-refractivity contribution in [2.45, 2.75) is 19.8 Å². The largest absolute Gasteiger partial charge is 0.409 e. The van der Waals surface area contributed by atoms with Crippen molar-refractivity contribution in [3.63, 3.8) is 0 Å². The van der Waals surface area contributed by atoms with Crippen molar-refractivity contribution in [1.29, 1.82) is 0 Å². The van der Waals surface area contributed by atoms with Crippen LogP contribution in [0.15, 0.2) is 29.4 Å². The topological polar surface area (TPSA) is 87.7 Å². The molecule has 0 aliphatic rings. The summed E-state index contributed by atoms with van der Waals surface area (Å²) >= 11 is 0. The van der Waals surface area contributed by atoms with Crippen molar-refractivity contribution in [2.75, 3.05) is 6.54 Å². The zero-order chi connectivity index (χ0) is 12.7. The van der Waals surface area contributed by atoms with Crippen LogP contribution >= 0.6 is 0 Å². The highest BCUT2D eigenvalue weighted by molar-refractivity contribution is 6.01. The van der Waals surface area contributed by atoms with E-state index in [1.54, 1.807) is 24.3 Å². The van der Waals surface area contributed by atoms with Crippen LogP contribution in [-0.4, -0.2) is 23.5 Å². The number of carbonyl (C=O) groups is 1. The summed E-state index contributed by atoms with van der Waals surface area (Å²) in [5.74, 6) is -0.153. The maximum Gasteiger partial charge on any atom is 0.251 e. The second kappa shape index (κ2) is 6.52. The normalized spacial score (nSPS) is 11.2. The van der Waals surface area contributed by atoms with E-state index in [0.29, 0.717) is 17.7 Å². The molecule has 1 rings (SSSR count). The van der Waals surface area contributed by atoms with Gasteiger partial charge in [0.05, 0.1) is 0 Å². The average Bonchev–Trinajstić information content (AvgIpc) is 2.38. The van der Waals surface area contributed by atoms with Crippen LogP contribution in [-0.2, 0) is 0 Å². The van der Waals surface area contributed by atoms with E-state index in [2.05, 4.69) is 17.4 Å². The Morgan fingerprint density at radius 3 is 2.82 bits per heavy atom. The zero-order valence-corrected chi connectivity index (χ0v) is 9.81. The number of amidine groups is 1. The predicted octanol–water partition coefficient (Wildman–Crippen LogP) is 1.31. The molecule has 0 atom stereocenters. The molecule has 17 heavy (non-hydrogen) atoms. The molecule has 0 radical (unpaired) electrons. The number of hydrogen-bond acceptors (Lipinski definition) is 3. The first-order valence-corrected chi connectivity index (χ1v) is 5.55. The monoisotopic (exact) mass is 235 g/mol. The number of nitrogens with one attached hydrogen (secondary N) is 1. The van der Waals surface area contributed by atoms with Gasteiger partial charge < -0.3 is 16.3 Å². The fourth-order valence-corrected chi connectivity index (χ4v) is 1.36. The smallest absolute Gasteiger partial charge is 0.251 e. The lowest BCUT2D eigenvalue weighted by Gasteiger charge is -2.05. The van der Waals surface area contributed by atoms with Crippen LogP contribution in [0.2, 0.25) is 0 Å². The molecule has 0 fully saturated rings. The van der Waals surface area contributed by atoms with Crippen molar-refractivity contribution in [1.82, 2.24) is 5.32 Å². The summed E-state index contributed by atoms with van der Waals surface area (Å²) in [6, 6.07) is 6.66. The average molecular weight is 235 g/mol. The third-order valence-electron chi connectivity index (χ3n) is 2.34. The van der Waals surface area contributed by atoms with Crippen molar-refractivity contribution < 1.29 is 10.0 Å². The molecule has 0 spiro atoms. The number of rotatable bonds is 5. The quantitative estimate of drug-likeness (QED) is 0.236. The Morgan fingerprint density at radius 1 is 1.47 bits per heavy atom. The lowest BCUT2D eigenvalue weighted by Crippen LogP contribution is -2.24. The van der Waals surface area contributed by atoms with Gasteiger partial charge in [-0.3, -0.25) is 4.79 Å². The van der Waals surface area contributed by atoms with Gasteiger partial charge in [0.1, 0.15) is 0 Å². The van der Waals surface area contributed by atoms with E-state index in [1.807, 2.05) is 0 Å². The number of nitrogens with two attached hydrogens (primary N) is 1. The Bertz CT molecular complexity index is 416. The summed E-state index contributed by atoms with van der Waals surface area (Å²) in [5.41, 5.74) is 6.48. The Labute approximate surface area is 100 Å². The first-order valence-electron chi connectivity index (χ1n) is 5.55. The minimum Gasteiger partial charge on any atom is -0.409 e. The van der Waals surface area contributed by atoms with Gasteiger partial charge in [-0.1, -0.05) is 30.6 Å². The Kier molecular flexibility index (Phi) is 5.00. The number of benzene rings is 1. The summed E-state index contributed by atoms with van der Waals surface area (Å²) in [6.07, 6.45) is 1.98. The molecule has 92 valence electrons. The van der Waals surface area contributed by atoms with Crippen molar-refractivity contribution in [3.05, 3.63) is 35.4 Å². The molecule has 1 aromatic rings. The van der Waals surface area contributed by atoms with Crippen LogP contribution in [0.4, 0.5) is 0 Å². The molecule has 0 aliphatic heterocycles. The molecule has 1 aromatic carbocycles. The summed E-state index contributed by atoms with van der Waals surface area (Å²) in [5, 5.41) is 14.3. The van der Waals surface area contributed by atoms with Crippen LogP contribution in [0, 0.1) is 0 Å². The number of amides is 1. The van der Waals surface area contributed by atoms with Crippen LogP contribution < -0.4 is 11.1 Å². The SMILES string of the molecule is CCCCNC(=O)c1cccc(/C(N)=N/O)c1. The lowest BCUT2D eigenvalue weighted by atomic mass is 10.1. The summed E-state index contributed by atoms with van der Waals surface area (Å²) in [4.78, 5) is 11.7.